The van der Waals surface area contributed by atoms with Crippen LogP contribution in [0.15, 0.2) is 97.1 Å². The molecule has 0 radical (unpaired) electrons. The van der Waals surface area contributed by atoms with Crippen molar-refractivity contribution in [2.75, 3.05) is 0 Å². The molecule has 2 atom stereocenters. The van der Waals surface area contributed by atoms with Gasteiger partial charge in [-0.05, 0) is 244 Å². The van der Waals surface area contributed by atoms with Crippen LogP contribution in [0.25, 0.3) is 141 Å². The summed E-state index contributed by atoms with van der Waals surface area (Å²) in [5.41, 5.74) is 13.5. The average molecular weight is 1880 g/mol. The van der Waals surface area contributed by atoms with Gasteiger partial charge < -0.3 is 0 Å². The molecule has 0 aliphatic carbocycles. The lowest BCUT2D eigenvalue weighted by Crippen LogP contribution is -2.01. The van der Waals surface area contributed by atoms with Gasteiger partial charge >= 0.3 is 0 Å². The Morgan fingerprint density at radius 2 is 0.581 bits per heavy atom. The zero-order valence-electron chi connectivity index (χ0n) is 75.1. The molecule has 0 spiro atoms. The molecule has 15 aromatic rings. The third-order valence-corrected chi connectivity index (χ3v) is 39.8. The van der Waals surface area contributed by atoms with E-state index in [1.54, 1.807) is 12.1 Å². The van der Waals surface area contributed by atoms with Gasteiger partial charge in [0.1, 0.15) is 22.7 Å². The van der Waals surface area contributed by atoms with Crippen molar-refractivity contribution in [2.24, 2.45) is 11.8 Å². The second-order valence-corrected chi connectivity index (χ2v) is 47.3. The Kier molecular flexibility index (Phi) is 34.6. The second-order valence-electron chi connectivity index (χ2n) is 35.0. The van der Waals surface area contributed by atoms with E-state index in [-0.39, 0.29) is 11.6 Å². The molecule has 124 heavy (non-hydrogen) atoms. The summed E-state index contributed by atoms with van der Waals surface area (Å²) >= 11 is 22.6. The molecule has 2 unspecified atom stereocenters. The smallest absolute Gasteiger partial charge is 0.128 e. The number of nitrogens with zero attached hydrogens (tertiary/aromatic N) is 4. The standard InChI is InChI=1S/C106H128F2N4S12/c1-11-21-29-35-43-69-59-89(77-63-81(107)75(47-39-33-25-15-5)105-97(77)109-111-123-105)117-99(69)85-53-55-87(115-85)101-71(45-37-31-23-13-3)61-91(119-101)93-65-79-95(83-51-49-73(113-83)57-67(19-9)41-27-17-7)104-80(96(103(79)121-93)84-52-50-74(114-84)58-68(20-10)42-28-18-8)66-94(122-104)92-62-72(46-38-32-24-14-4)102(120-92)88-56-54-86(116-88)100-70(44-36-30-22-12-2)60-90(118-100)78-64-82(108)76(48-40-34-26-16-6)106-98(78)110-112-124-106/h49-56,59-68H,11-48,57-58H2,1-10H3. The summed E-state index contributed by atoms with van der Waals surface area (Å²) in [4.78, 5) is 24.2. The summed E-state index contributed by atoms with van der Waals surface area (Å²) in [7, 11) is 0. The van der Waals surface area contributed by atoms with Crippen LogP contribution in [0.2, 0.25) is 0 Å². The molecule has 0 saturated carbocycles. The highest BCUT2D eigenvalue weighted by Gasteiger charge is 2.30. The minimum absolute atomic E-state index is 0.119. The molecular weight excluding hydrogens is 1750 g/mol. The van der Waals surface area contributed by atoms with Gasteiger partial charge in [0.25, 0.3) is 0 Å². The number of halogens is 2. The third-order valence-electron chi connectivity index (χ3n) is 25.6. The van der Waals surface area contributed by atoms with Crippen LogP contribution in [0.3, 0.4) is 0 Å². The first kappa shape index (κ1) is 93.4. The number of unbranched alkanes of at least 4 members (excludes halogenated alkanes) is 20. The molecule has 12 heterocycles. The number of benzene rings is 3. The largest absolute Gasteiger partial charge is 0.207 e. The second kappa shape index (κ2) is 46.0. The quantitative estimate of drug-likeness (QED) is 0.0357. The normalized spacial score (nSPS) is 12.6. The summed E-state index contributed by atoms with van der Waals surface area (Å²) in [6.07, 6.45) is 45.7. The van der Waals surface area contributed by atoms with Crippen LogP contribution in [0.4, 0.5) is 8.78 Å². The van der Waals surface area contributed by atoms with E-state index in [4.69, 9.17) is 10.2 Å². The minimum Gasteiger partial charge on any atom is -0.207 e. The van der Waals surface area contributed by atoms with E-state index in [2.05, 4.69) is 208 Å². The molecular formula is C106H128F2N4S12. The molecule has 658 valence electrons. The van der Waals surface area contributed by atoms with Gasteiger partial charge in [-0.15, -0.1) is 124 Å². The highest BCUT2D eigenvalue weighted by Crippen LogP contribution is 2.58. The van der Waals surface area contributed by atoms with Gasteiger partial charge in [0.15, 0.2) is 0 Å². The van der Waals surface area contributed by atoms with Crippen molar-refractivity contribution in [1.29, 1.82) is 0 Å². The summed E-state index contributed by atoms with van der Waals surface area (Å²) in [5, 5.41) is 12.3. The van der Waals surface area contributed by atoms with Crippen molar-refractivity contribution < 1.29 is 8.78 Å². The summed E-state index contributed by atoms with van der Waals surface area (Å²) in [6, 6.07) is 38.6. The van der Waals surface area contributed by atoms with Gasteiger partial charge in [-0.1, -0.05) is 245 Å². The zero-order chi connectivity index (χ0) is 86.0. The number of aryl methyl sites for hydroxylation is 6. The molecule has 0 N–H and O–H groups in total. The van der Waals surface area contributed by atoms with Crippen molar-refractivity contribution in [3.63, 3.8) is 0 Å². The average Bonchev–Trinajstić information content (AvgIpc) is 1.55. The van der Waals surface area contributed by atoms with Crippen LogP contribution in [0.5, 0.6) is 0 Å². The van der Waals surface area contributed by atoms with E-state index in [0.29, 0.717) is 11.8 Å². The molecule has 0 fully saturated rings. The van der Waals surface area contributed by atoms with E-state index < -0.39 is 0 Å². The molecule has 0 aliphatic rings. The fourth-order valence-corrected chi connectivity index (χ4v) is 32.4. The molecule has 4 nitrogen and oxygen atoms in total. The molecule has 0 aliphatic heterocycles. The number of thiophene rings is 10. The highest BCUT2D eigenvalue weighted by molar-refractivity contribution is 7.32. The highest BCUT2D eigenvalue weighted by atomic mass is 32.1. The van der Waals surface area contributed by atoms with Gasteiger partial charge in [0.05, 0.1) is 9.40 Å². The predicted molar refractivity (Wildman–Crippen MR) is 558 cm³/mol. The summed E-state index contributed by atoms with van der Waals surface area (Å²) in [6.45, 7) is 23.2. The number of aromatic nitrogens is 4. The molecule has 3 aromatic carbocycles. The zero-order valence-corrected chi connectivity index (χ0v) is 84.9. The van der Waals surface area contributed by atoms with E-state index in [0.717, 1.165) is 155 Å². The first-order chi connectivity index (χ1) is 60.9. The lowest BCUT2D eigenvalue weighted by atomic mass is 9.95. The van der Waals surface area contributed by atoms with Crippen LogP contribution in [-0.4, -0.2) is 19.2 Å². The Hall–Kier alpha value is -5.32. The maximum atomic E-state index is 16.6. The van der Waals surface area contributed by atoms with Gasteiger partial charge in [0.2, 0.25) is 0 Å². The van der Waals surface area contributed by atoms with Crippen molar-refractivity contribution >= 4 is 177 Å². The fourth-order valence-electron chi connectivity index (χ4n) is 18.3. The summed E-state index contributed by atoms with van der Waals surface area (Å²) in [5.74, 6) is 1.10. The van der Waals surface area contributed by atoms with Crippen LogP contribution < -0.4 is 0 Å². The Morgan fingerprint density at radius 1 is 0.274 bits per heavy atom. The number of hydrogen-bond donors (Lipinski definition) is 0. The summed E-state index contributed by atoms with van der Waals surface area (Å²) < 4.78 is 46.8. The van der Waals surface area contributed by atoms with Crippen LogP contribution in [-0.2, 0) is 51.4 Å². The molecule has 18 heteroatoms. The van der Waals surface area contributed by atoms with E-state index in [1.807, 2.05) is 68.0 Å². The fraction of sp³-hybridized carbons (Fsp3) is 0.491. The van der Waals surface area contributed by atoms with Crippen LogP contribution >= 0.6 is 136 Å². The predicted octanol–water partition coefficient (Wildman–Crippen LogP) is 39.8. The van der Waals surface area contributed by atoms with Crippen molar-refractivity contribution in [3.8, 4) is 100 Å². The van der Waals surface area contributed by atoms with Crippen LogP contribution in [0.1, 0.15) is 318 Å². The monoisotopic (exact) mass is 1880 g/mol. The molecule has 0 bridgehead atoms. The number of rotatable bonds is 52. The lowest BCUT2D eigenvalue weighted by Gasteiger charge is -2.13. The van der Waals surface area contributed by atoms with Crippen molar-refractivity contribution in [1.82, 2.24) is 19.2 Å². The SMILES string of the molecule is CCCCCCc1cc(-c2cc3c(-c4ccc(CC(CC)CCCC)s4)c4sc(-c5cc(CCCCCC)c(-c6ccc(-c7sc(-c8cc(F)c(CCCCCC)c9snnc89)cc7CCCCCC)s6)s5)cc4c(-c4ccc(CC(CC)CCCC)s4)c3s2)sc1-c1ccc(-c2sc(-c3cc(F)c(CCCCCC)c4snnc34)cc2CCCCCC)s1. The van der Waals surface area contributed by atoms with Gasteiger partial charge in [-0.25, -0.2) is 8.78 Å². The Balaban J connectivity index is 0.862. The molecule has 15 rings (SSSR count). The first-order valence-electron chi connectivity index (χ1n) is 47.7. The van der Waals surface area contributed by atoms with Crippen molar-refractivity contribution in [3.05, 3.63) is 152 Å². The maximum absolute atomic E-state index is 16.6. The van der Waals surface area contributed by atoms with Gasteiger partial charge in [-0.3, -0.25) is 0 Å². The molecule has 12 aromatic heterocycles. The maximum Gasteiger partial charge on any atom is 0.128 e. The minimum atomic E-state index is -0.119. The van der Waals surface area contributed by atoms with E-state index >= 15 is 8.78 Å². The first-order valence-corrected chi connectivity index (χ1v) is 57.4. The molecule has 0 amide bonds. The number of fused-ring (bicyclic) bond motifs is 4. The topological polar surface area (TPSA) is 51.6 Å². The van der Waals surface area contributed by atoms with Gasteiger partial charge in [-0.2, -0.15) is 0 Å². The Labute approximate surface area is 787 Å². The number of hydrogen-bond acceptors (Lipinski definition) is 16. The Morgan fingerprint density at radius 3 is 0.911 bits per heavy atom. The molecule has 0 saturated heterocycles. The lowest BCUT2D eigenvalue weighted by molar-refractivity contribution is 0.452. The third kappa shape index (κ3) is 22.0. The Bertz CT molecular complexity index is 5510. The van der Waals surface area contributed by atoms with E-state index in [1.165, 1.54) is 309 Å². The van der Waals surface area contributed by atoms with Crippen LogP contribution in [0, 0.1) is 23.5 Å². The van der Waals surface area contributed by atoms with Crippen molar-refractivity contribution in [2.45, 2.75) is 326 Å². The van der Waals surface area contributed by atoms with E-state index in [9.17, 15) is 0 Å². The van der Waals surface area contributed by atoms with Gasteiger partial charge in [0, 0.05) is 141 Å².